The highest BCUT2D eigenvalue weighted by Crippen LogP contribution is 2.44. The lowest BCUT2D eigenvalue weighted by Gasteiger charge is -2.25. The molecule has 2 aromatic rings. The monoisotopic (exact) mass is 421 g/mol. The molecular formula is C20H21ClFN3O4. The lowest BCUT2D eigenvalue weighted by Crippen LogP contribution is -2.32. The van der Waals surface area contributed by atoms with Gasteiger partial charge in [-0.1, -0.05) is 11.6 Å². The molecule has 1 aromatic heterocycles. The fourth-order valence-corrected chi connectivity index (χ4v) is 5.27. The van der Waals surface area contributed by atoms with E-state index in [0.717, 1.165) is 32.4 Å². The average Bonchev–Trinajstić information content (AvgIpc) is 3.33. The lowest BCUT2D eigenvalue weighted by molar-refractivity contribution is 0.143. The summed E-state index contributed by atoms with van der Waals surface area (Å²) in [7, 11) is 2.08. The van der Waals surface area contributed by atoms with E-state index in [2.05, 4.69) is 16.7 Å². The van der Waals surface area contributed by atoms with Crippen LogP contribution in [0.2, 0.25) is 5.02 Å². The summed E-state index contributed by atoms with van der Waals surface area (Å²) < 4.78 is 21.6. The van der Waals surface area contributed by atoms with Gasteiger partial charge in [-0.25, -0.2) is 9.18 Å². The van der Waals surface area contributed by atoms with Gasteiger partial charge in [0.1, 0.15) is 5.82 Å². The van der Waals surface area contributed by atoms with Crippen molar-refractivity contribution in [2.45, 2.75) is 31.3 Å². The number of halogens is 2. The van der Waals surface area contributed by atoms with Crippen molar-refractivity contribution in [3.8, 4) is 5.75 Å². The fraction of sp³-hybridized carbons (Fsp3) is 0.500. The van der Waals surface area contributed by atoms with Gasteiger partial charge in [0.05, 0.1) is 27.8 Å². The molecule has 1 saturated carbocycles. The smallest absolute Gasteiger partial charge is 0.449 e. The summed E-state index contributed by atoms with van der Waals surface area (Å²) in [6.07, 6.45) is 2.64. The van der Waals surface area contributed by atoms with Crippen LogP contribution in [-0.2, 0) is 0 Å². The largest absolute Gasteiger partial charge is 0.511 e. The molecule has 3 aliphatic rings. The molecule has 1 aromatic carbocycles. The zero-order valence-electron chi connectivity index (χ0n) is 15.9. The van der Waals surface area contributed by atoms with Gasteiger partial charge >= 0.3 is 6.16 Å². The van der Waals surface area contributed by atoms with E-state index in [1.165, 1.54) is 12.3 Å². The van der Waals surface area contributed by atoms with E-state index in [9.17, 15) is 9.59 Å². The maximum Gasteiger partial charge on any atom is 0.511 e. The highest BCUT2D eigenvalue weighted by Gasteiger charge is 2.41. The van der Waals surface area contributed by atoms with Crippen molar-refractivity contribution >= 4 is 34.3 Å². The predicted octanol–water partition coefficient (Wildman–Crippen LogP) is 3.33. The Bertz CT molecular complexity index is 1080. The van der Waals surface area contributed by atoms with Crippen LogP contribution < -0.4 is 15.1 Å². The maximum atomic E-state index is 15.2. The Morgan fingerprint density at radius 1 is 1.31 bits per heavy atom. The van der Waals surface area contributed by atoms with E-state index >= 15 is 4.39 Å². The maximum absolute atomic E-state index is 15.2. The number of fused-ring (bicyclic) bond motifs is 2. The van der Waals surface area contributed by atoms with Crippen molar-refractivity contribution in [2.75, 3.05) is 31.6 Å². The molecule has 2 saturated heterocycles. The molecule has 0 spiro atoms. The second kappa shape index (κ2) is 6.60. The van der Waals surface area contributed by atoms with Crippen LogP contribution >= 0.6 is 11.6 Å². The molecule has 3 heterocycles. The van der Waals surface area contributed by atoms with Gasteiger partial charge in [0, 0.05) is 25.2 Å². The van der Waals surface area contributed by atoms with Gasteiger partial charge in [-0.05, 0) is 44.8 Å². The molecule has 7 nitrogen and oxygen atoms in total. The number of hydrogen-bond donors (Lipinski definition) is 1. The summed E-state index contributed by atoms with van der Waals surface area (Å²) in [5.74, 6) is -0.433. The van der Waals surface area contributed by atoms with Crippen molar-refractivity contribution in [1.82, 2.24) is 9.47 Å². The molecule has 0 bridgehead atoms. The van der Waals surface area contributed by atoms with E-state index in [0.29, 0.717) is 29.7 Å². The Morgan fingerprint density at radius 2 is 2.07 bits per heavy atom. The van der Waals surface area contributed by atoms with Crippen molar-refractivity contribution in [1.29, 1.82) is 0 Å². The minimum absolute atomic E-state index is 0.0402. The second-order valence-electron chi connectivity index (χ2n) is 8.25. The van der Waals surface area contributed by atoms with Crippen molar-refractivity contribution in [3.63, 3.8) is 0 Å². The highest BCUT2D eigenvalue weighted by molar-refractivity contribution is 6.38. The average molecular weight is 422 g/mol. The first kappa shape index (κ1) is 18.7. The number of likely N-dealkylation sites (N-methyl/N-ethyl adjacent to an activating group) is 1. The van der Waals surface area contributed by atoms with Gasteiger partial charge in [-0.3, -0.25) is 4.79 Å². The quantitative estimate of drug-likeness (QED) is 0.766. The molecule has 2 unspecified atom stereocenters. The van der Waals surface area contributed by atoms with Crippen LogP contribution in [0.25, 0.3) is 10.9 Å². The summed E-state index contributed by atoms with van der Waals surface area (Å²) in [5.41, 5.74) is 0.0889. The predicted molar refractivity (Wildman–Crippen MR) is 107 cm³/mol. The number of hydrogen-bond acceptors (Lipinski definition) is 5. The number of rotatable bonds is 3. The number of likely N-dealkylation sites (tertiary alicyclic amines) is 1. The van der Waals surface area contributed by atoms with E-state index in [1.807, 2.05) is 4.90 Å². The Labute approximate surface area is 171 Å². The van der Waals surface area contributed by atoms with Crippen LogP contribution in [0.5, 0.6) is 5.75 Å². The van der Waals surface area contributed by atoms with Gasteiger partial charge in [-0.15, -0.1) is 0 Å². The second-order valence-corrected chi connectivity index (χ2v) is 8.63. The molecule has 29 heavy (non-hydrogen) atoms. The number of nitrogens with zero attached hydrogens (tertiary/aromatic N) is 3. The van der Waals surface area contributed by atoms with Gasteiger partial charge in [0.2, 0.25) is 5.43 Å². The van der Waals surface area contributed by atoms with Gasteiger partial charge in [-0.2, -0.15) is 0 Å². The topological polar surface area (TPSA) is 75.0 Å². The number of aromatic nitrogens is 1. The third kappa shape index (κ3) is 2.97. The lowest BCUT2D eigenvalue weighted by atomic mass is 10.1. The summed E-state index contributed by atoms with van der Waals surface area (Å²) in [6.45, 7) is 2.47. The number of carboxylic acid groups (broad SMARTS) is 1. The first-order chi connectivity index (χ1) is 13.8. The minimum Gasteiger partial charge on any atom is -0.449 e. The summed E-state index contributed by atoms with van der Waals surface area (Å²) in [4.78, 5) is 28.0. The van der Waals surface area contributed by atoms with Crippen molar-refractivity contribution in [2.24, 2.45) is 5.92 Å². The van der Waals surface area contributed by atoms with E-state index in [1.54, 1.807) is 4.57 Å². The number of carbonyl (C=O) groups is 1. The summed E-state index contributed by atoms with van der Waals surface area (Å²) >= 11 is 6.71. The summed E-state index contributed by atoms with van der Waals surface area (Å²) in [6, 6.07) is 1.64. The number of pyridine rings is 1. The third-order valence-corrected chi connectivity index (χ3v) is 6.79. The fourth-order valence-electron chi connectivity index (χ4n) is 4.86. The Balaban J connectivity index is 1.67. The van der Waals surface area contributed by atoms with Crippen LogP contribution in [0.4, 0.5) is 14.9 Å². The SMILES string of the molecule is CN1CCC2CN(c3c(F)cc4c(=O)c(OC(=O)O)cn(C5CC5)c4c3Cl)CC21. The minimum atomic E-state index is -1.58. The van der Waals surface area contributed by atoms with E-state index in [4.69, 9.17) is 16.7 Å². The molecule has 5 rings (SSSR count). The molecular weight excluding hydrogens is 401 g/mol. The molecule has 0 amide bonds. The molecule has 154 valence electrons. The van der Waals surface area contributed by atoms with Gasteiger partial charge in [0.15, 0.2) is 5.75 Å². The molecule has 9 heteroatoms. The Kier molecular flexibility index (Phi) is 4.25. The highest BCUT2D eigenvalue weighted by atomic mass is 35.5. The van der Waals surface area contributed by atoms with Crippen molar-refractivity contribution in [3.05, 3.63) is 33.3 Å². The van der Waals surface area contributed by atoms with Gasteiger partial charge in [0.25, 0.3) is 0 Å². The van der Waals surface area contributed by atoms with Crippen LogP contribution in [0.15, 0.2) is 17.1 Å². The first-order valence-corrected chi connectivity index (χ1v) is 10.2. The number of anilines is 1. The standard InChI is InChI=1S/C20H21ClFN3O4/c1-23-5-4-10-7-24(8-14(10)23)18-13(22)6-12-17(16(18)21)25(11-2-3-11)9-15(19(12)26)29-20(27)28/h6,9-11,14H,2-5,7-8H2,1H3,(H,27,28). The van der Waals surface area contributed by atoms with E-state index < -0.39 is 17.4 Å². The molecule has 0 radical (unpaired) electrons. The van der Waals surface area contributed by atoms with Crippen molar-refractivity contribution < 1.29 is 19.0 Å². The first-order valence-electron chi connectivity index (χ1n) is 9.78. The number of ether oxygens (including phenoxy) is 1. The Hall–Kier alpha value is -2.32. The zero-order chi connectivity index (χ0) is 20.4. The van der Waals surface area contributed by atoms with Crippen LogP contribution in [0.3, 0.4) is 0 Å². The van der Waals surface area contributed by atoms with Crippen LogP contribution in [-0.4, -0.2) is 53.5 Å². The Morgan fingerprint density at radius 3 is 2.72 bits per heavy atom. The summed E-state index contributed by atoms with van der Waals surface area (Å²) in [5, 5.41) is 9.17. The van der Waals surface area contributed by atoms with E-state index in [-0.39, 0.29) is 22.2 Å². The molecule has 2 atom stereocenters. The number of benzene rings is 1. The van der Waals surface area contributed by atoms with Gasteiger partial charge < -0.3 is 24.2 Å². The molecule has 2 aliphatic heterocycles. The normalized spacial score (nSPS) is 24.3. The zero-order valence-corrected chi connectivity index (χ0v) is 16.7. The van der Waals surface area contributed by atoms with Crippen LogP contribution in [0.1, 0.15) is 25.3 Å². The third-order valence-electron chi connectivity index (χ3n) is 6.43. The molecule has 3 fully saturated rings. The molecule has 1 aliphatic carbocycles. The molecule has 1 N–H and O–H groups in total. The van der Waals surface area contributed by atoms with Crippen LogP contribution in [0, 0.1) is 11.7 Å².